The van der Waals surface area contributed by atoms with Crippen molar-refractivity contribution in [3.05, 3.63) is 69.7 Å². The number of piperidine rings is 1. The fourth-order valence-electron chi connectivity index (χ4n) is 2.90. The number of halogens is 3. The van der Waals surface area contributed by atoms with Gasteiger partial charge in [0, 0.05) is 28.7 Å². The molecule has 0 radical (unpaired) electrons. The Morgan fingerprint density at radius 1 is 1.20 bits per heavy atom. The maximum Gasteiger partial charge on any atom is 0.253 e. The highest BCUT2D eigenvalue weighted by molar-refractivity contribution is 9.10. The molecule has 132 valence electrons. The van der Waals surface area contributed by atoms with E-state index in [0.717, 1.165) is 35.5 Å². The lowest BCUT2D eigenvalue weighted by atomic mass is 10.1. The second-order valence-corrected chi connectivity index (χ2v) is 6.98. The van der Waals surface area contributed by atoms with E-state index >= 15 is 0 Å². The first-order chi connectivity index (χ1) is 12.0. The van der Waals surface area contributed by atoms with Gasteiger partial charge in [-0.05, 0) is 55.3 Å². The average molecular weight is 410 g/mol. The topological polar surface area (TPSA) is 29.5 Å². The molecule has 1 atom stereocenters. The molecule has 0 aromatic heterocycles. The van der Waals surface area contributed by atoms with Crippen molar-refractivity contribution in [2.75, 3.05) is 13.1 Å². The van der Waals surface area contributed by atoms with Crippen LogP contribution in [0.1, 0.15) is 28.8 Å². The highest BCUT2D eigenvalue weighted by Gasteiger charge is 2.25. The number of carbonyl (C=O) groups is 1. The van der Waals surface area contributed by atoms with Gasteiger partial charge in [-0.15, -0.1) is 0 Å². The van der Waals surface area contributed by atoms with Crippen molar-refractivity contribution in [2.24, 2.45) is 0 Å². The summed E-state index contributed by atoms with van der Waals surface area (Å²) >= 11 is 3.35. The number of hydrogen-bond donors (Lipinski definition) is 0. The minimum absolute atomic E-state index is 0.00538. The van der Waals surface area contributed by atoms with Crippen LogP contribution >= 0.6 is 15.9 Å². The van der Waals surface area contributed by atoms with Crippen molar-refractivity contribution in [3.63, 3.8) is 0 Å². The minimum atomic E-state index is -0.490. The van der Waals surface area contributed by atoms with Crippen LogP contribution < -0.4 is 0 Å². The maximum atomic E-state index is 13.7. The van der Waals surface area contributed by atoms with E-state index in [4.69, 9.17) is 4.74 Å². The van der Waals surface area contributed by atoms with Gasteiger partial charge in [0.25, 0.3) is 5.91 Å². The van der Waals surface area contributed by atoms with E-state index in [1.165, 1.54) is 0 Å². The maximum absolute atomic E-state index is 13.7. The zero-order valence-corrected chi connectivity index (χ0v) is 15.1. The molecule has 1 aliphatic rings. The number of ether oxygens (including phenoxy) is 1. The van der Waals surface area contributed by atoms with E-state index in [0.29, 0.717) is 18.7 Å². The molecule has 1 fully saturated rings. The van der Waals surface area contributed by atoms with Crippen LogP contribution in [0.3, 0.4) is 0 Å². The Morgan fingerprint density at radius 2 is 1.96 bits per heavy atom. The highest BCUT2D eigenvalue weighted by atomic mass is 79.9. The van der Waals surface area contributed by atoms with Gasteiger partial charge in [0.2, 0.25) is 0 Å². The first-order valence-corrected chi connectivity index (χ1v) is 8.92. The van der Waals surface area contributed by atoms with Gasteiger partial charge in [-0.3, -0.25) is 4.79 Å². The molecule has 2 aromatic rings. The zero-order chi connectivity index (χ0) is 17.8. The molecule has 25 heavy (non-hydrogen) atoms. The van der Waals surface area contributed by atoms with E-state index < -0.39 is 11.6 Å². The van der Waals surface area contributed by atoms with Crippen LogP contribution in [-0.2, 0) is 11.3 Å². The molecule has 0 bridgehead atoms. The number of benzene rings is 2. The predicted molar refractivity (Wildman–Crippen MR) is 94.2 cm³/mol. The largest absolute Gasteiger partial charge is 0.372 e. The number of rotatable bonds is 4. The van der Waals surface area contributed by atoms with Gasteiger partial charge in [0.05, 0.1) is 12.7 Å². The SMILES string of the molecule is O=C(c1ccc(Br)cc1)N1CCC[C@H](OCc2cc(F)ccc2F)C1. The zero-order valence-electron chi connectivity index (χ0n) is 13.6. The Morgan fingerprint density at radius 3 is 2.72 bits per heavy atom. The third-order valence-electron chi connectivity index (χ3n) is 4.24. The van der Waals surface area contributed by atoms with Crippen LogP contribution in [0.2, 0.25) is 0 Å². The normalized spacial score (nSPS) is 17.6. The van der Waals surface area contributed by atoms with E-state index in [-0.39, 0.29) is 24.2 Å². The lowest BCUT2D eigenvalue weighted by Gasteiger charge is -2.32. The molecule has 0 spiro atoms. The first-order valence-electron chi connectivity index (χ1n) is 8.13. The van der Waals surface area contributed by atoms with Gasteiger partial charge >= 0.3 is 0 Å². The quantitative estimate of drug-likeness (QED) is 0.741. The number of likely N-dealkylation sites (tertiary alicyclic amines) is 1. The number of nitrogens with zero attached hydrogens (tertiary/aromatic N) is 1. The summed E-state index contributed by atoms with van der Waals surface area (Å²) in [6.45, 7) is 1.11. The van der Waals surface area contributed by atoms with Gasteiger partial charge in [0.1, 0.15) is 11.6 Å². The fourth-order valence-corrected chi connectivity index (χ4v) is 3.16. The molecule has 0 saturated carbocycles. The molecule has 1 aliphatic heterocycles. The molecule has 1 amide bonds. The standard InChI is InChI=1S/C19H18BrF2NO2/c20-15-5-3-13(4-6-15)19(24)23-9-1-2-17(11-23)25-12-14-10-16(21)7-8-18(14)22/h3-8,10,17H,1-2,9,11-12H2/t17-/m0/s1. The van der Waals surface area contributed by atoms with Gasteiger partial charge in [-0.2, -0.15) is 0 Å². The van der Waals surface area contributed by atoms with Crippen LogP contribution in [0.25, 0.3) is 0 Å². The van der Waals surface area contributed by atoms with Gasteiger partial charge < -0.3 is 9.64 Å². The first kappa shape index (κ1) is 18.0. The van der Waals surface area contributed by atoms with E-state index in [1.807, 2.05) is 12.1 Å². The molecule has 3 nitrogen and oxygen atoms in total. The molecular formula is C19H18BrF2NO2. The summed E-state index contributed by atoms with van der Waals surface area (Å²) in [7, 11) is 0. The van der Waals surface area contributed by atoms with Gasteiger partial charge in [-0.1, -0.05) is 15.9 Å². The Labute approximate surface area is 153 Å². The van der Waals surface area contributed by atoms with Crippen molar-refractivity contribution in [1.29, 1.82) is 0 Å². The molecule has 1 heterocycles. The van der Waals surface area contributed by atoms with E-state index in [1.54, 1.807) is 17.0 Å². The van der Waals surface area contributed by atoms with Gasteiger partial charge in [0.15, 0.2) is 0 Å². The third kappa shape index (κ3) is 4.64. The third-order valence-corrected chi connectivity index (χ3v) is 4.77. The van der Waals surface area contributed by atoms with Crippen molar-refractivity contribution in [2.45, 2.75) is 25.6 Å². The highest BCUT2D eigenvalue weighted by Crippen LogP contribution is 2.20. The molecule has 2 aromatic carbocycles. The molecule has 3 rings (SSSR count). The summed E-state index contributed by atoms with van der Waals surface area (Å²) < 4.78 is 33.5. The van der Waals surface area contributed by atoms with Crippen molar-refractivity contribution in [1.82, 2.24) is 4.90 Å². The van der Waals surface area contributed by atoms with Crippen molar-refractivity contribution < 1.29 is 18.3 Å². The molecule has 0 unspecified atom stereocenters. The summed E-state index contributed by atoms with van der Waals surface area (Å²) in [5.41, 5.74) is 0.816. The summed E-state index contributed by atoms with van der Waals surface area (Å²) in [6.07, 6.45) is 1.43. The van der Waals surface area contributed by atoms with Crippen LogP contribution in [0, 0.1) is 11.6 Å². The van der Waals surface area contributed by atoms with Crippen LogP contribution in [0.15, 0.2) is 46.9 Å². The Balaban J connectivity index is 1.60. The number of hydrogen-bond acceptors (Lipinski definition) is 2. The van der Waals surface area contributed by atoms with Crippen LogP contribution in [-0.4, -0.2) is 30.0 Å². The smallest absolute Gasteiger partial charge is 0.253 e. The lowest BCUT2D eigenvalue weighted by Crippen LogP contribution is -2.43. The second-order valence-electron chi connectivity index (χ2n) is 6.07. The molecule has 6 heteroatoms. The Hall–Kier alpha value is -1.79. The Kier molecular flexibility index (Phi) is 5.81. The van der Waals surface area contributed by atoms with Crippen molar-refractivity contribution >= 4 is 21.8 Å². The predicted octanol–water partition coefficient (Wildman–Crippen LogP) is 4.55. The minimum Gasteiger partial charge on any atom is -0.372 e. The Bertz CT molecular complexity index is 752. The van der Waals surface area contributed by atoms with Crippen LogP contribution in [0.4, 0.5) is 8.78 Å². The molecular weight excluding hydrogens is 392 g/mol. The summed E-state index contributed by atoms with van der Waals surface area (Å²) in [4.78, 5) is 14.3. The van der Waals surface area contributed by atoms with Crippen molar-refractivity contribution in [3.8, 4) is 0 Å². The number of amides is 1. The summed E-state index contributed by atoms with van der Waals surface area (Å²) in [5.74, 6) is -1.02. The fraction of sp³-hybridized carbons (Fsp3) is 0.316. The molecule has 0 N–H and O–H groups in total. The number of carbonyl (C=O) groups excluding carboxylic acids is 1. The summed E-state index contributed by atoms with van der Waals surface area (Å²) in [5, 5.41) is 0. The second kappa shape index (κ2) is 8.06. The lowest BCUT2D eigenvalue weighted by molar-refractivity contribution is -0.00769. The monoisotopic (exact) mass is 409 g/mol. The van der Waals surface area contributed by atoms with Crippen LogP contribution in [0.5, 0.6) is 0 Å². The van der Waals surface area contributed by atoms with E-state index in [9.17, 15) is 13.6 Å². The van der Waals surface area contributed by atoms with E-state index in [2.05, 4.69) is 15.9 Å². The molecule has 0 aliphatic carbocycles. The average Bonchev–Trinajstić information content (AvgIpc) is 2.63. The van der Waals surface area contributed by atoms with Gasteiger partial charge in [-0.25, -0.2) is 8.78 Å². The summed E-state index contributed by atoms with van der Waals surface area (Å²) in [6, 6.07) is 10.5. The molecule has 1 saturated heterocycles.